The van der Waals surface area contributed by atoms with Crippen LogP contribution in [0.5, 0.6) is 0 Å². The predicted molar refractivity (Wildman–Crippen MR) is 58.8 cm³/mol. The topological polar surface area (TPSA) is 35.2 Å². The molecular weight excluding hydrogens is 182 g/mol. The molecule has 1 aliphatic carbocycles. The van der Waals surface area contributed by atoms with Crippen LogP contribution >= 0.6 is 12.2 Å². The monoisotopic (exact) mass is 201 g/mol. The second-order valence-corrected chi connectivity index (χ2v) is 4.51. The minimum atomic E-state index is 0.457. The third kappa shape index (κ3) is 4.58. The molecule has 0 bridgehead atoms. The smallest absolute Gasteiger partial charge is 0.0750 e. The van der Waals surface area contributed by atoms with Gasteiger partial charge >= 0.3 is 0 Å². The van der Waals surface area contributed by atoms with E-state index in [1.807, 2.05) is 0 Å². The molecule has 0 aromatic heterocycles. The maximum absolute atomic E-state index is 5.70. The highest BCUT2D eigenvalue weighted by molar-refractivity contribution is 7.80. The fourth-order valence-corrected chi connectivity index (χ4v) is 1.94. The average Bonchev–Trinajstić information content (AvgIpc) is 2.03. The summed E-state index contributed by atoms with van der Waals surface area (Å²) in [7, 11) is 0. The van der Waals surface area contributed by atoms with Crippen molar-refractivity contribution in [3.05, 3.63) is 0 Å². The summed E-state index contributed by atoms with van der Waals surface area (Å²) in [5.74, 6) is 0.823. The van der Waals surface area contributed by atoms with Crippen LogP contribution in [0.4, 0.5) is 0 Å². The molecule has 1 saturated carbocycles. The lowest BCUT2D eigenvalue weighted by Gasteiger charge is -2.26. The maximum Gasteiger partial charge on any atom is 0.0750 e. The third-order valence-electron chi connectivity index (χ3n) is 2.59. The zero-order chi connectivity index (χ0) is 9.68. The summed E-state index contributed by atoms with van der Waals surface area (Å²) in [6, 6.07) is 0. The number of hydrogen-bond acceptors (Lipinski definition) is 2. The normalized spacial score (nSPS) is 28.7. The van der Waals surface area contributed by atoms with E-state index in [0.29, 0.717) is 17.7 Å². The molecule has 0 aromatic rings. The average molecular weight is 201 g/mol. The quantitative estimate of drug-likeness (QED) is 0.709. The first-order valence-electron chi connectivity index (χ1n) is 5.08. The van der Waals surface area contributed by atoms with E-state index in [9.17, 15) is 0 Å². The number of hydrogen-bond donors (Lipinski definition) is 1. The minimum absolute atomic E-state index is 0.457. The molecule has 0 aromatic carbocycles. The molecule has 2 atom stereocenters. The Labute approximate surface area is 85.8 Å². The van der Waals surface area contributed by atoms with Gasteiger partial charge in [-0.1, -0.05) is 32.0 Å². The Hall–Kier alpha value is -0.150. The lowest BCUT2D eigenvalue weighted by molar-refractivity contribution is 0.0196. The van der Waals surface area contributed by atoms with Crippen molar-refractivity contribution in [1.82, 2.24) is 0 Å². The van der Waals surface area contributed by atoms with Gasteiger partial charge in [-0.05, 0) is 18.8 Å². The Morgan fingerprint density at radius 3 is 2.92 bits per heavy atom. The van der Waals surface area contributed by atoms with Crippen molar-refractivity contribution in [2.45, 2.75) is 45.1 Å². The van der Waals surface area contributed by atoms with Gasteiger partial charge in [-0.2, -0.15) is 0 Å². The van der Waals surface area contributed by atoms with E-state index < -0.39 is 0 Å². The Morgan fingerprint density at radius 1 is 1.54 bits per heavy atom. The van der Waals surface area contributed by atoms with Gasteiger partial charge in [-0.15, -0.1) is 0 Å². The summed E-state index contributed by atoms with van der Waals surface area (Å²) < 4.78 is 5.70. The van der Waals surface area contributed by atoms with E-state index >= 15 is 0 Å². The van der Waals surface area contributed by atoms with E-state index in [2.05, 4.69) is 6.92 Å². The zero-order valence-electron chi connectivity index (χ0n) is 8.29. The molecule has 0 spiro atoms. The van der Waals surface area contributed by atoms with Crippen LogP contribution in [0.2, 0.25) is 0 Å². The van der Waals surface area contributed by atoms with Crippen molar-refractivity contribution in [3.8, 4) is 0 Å². The van der Waals surface area contributed by atoms with Crippen LogP contribution in [0.3, 0.4) is 0 Å². The molecule has 76 valence electrons. The van der Waals surface area contributed by atoms with Crippen LogP contribution in [-0.2, 0) is 4.74 Å². The number of nitrogens with two attached hydrogens (primary N) is 1. The van der Waals surface area contributed by atoms with E-state index in [1.54, 1.807) is 0 Å². The minimum Gasteiger partial charge on any atom is -0.393 e. The van der Waals surface area contributed by atoms with Gasteiger partial charge in [-0.25, -0.2) is 0 Å². The lowest BCUT2D eigenvalue weighted by Crippen LogP contribution is -2.23. The summed E-state index contributed by atoms with van der Waals surface area (Å²) in [4.78, 5) is 0.559. The summed E-state index contributed by atoms with van der Waals surface area (Å²) in [5.41, 5.74) is 5.39. The van der Waals surface area contributed by atoms with Gasteiger partial charge in [0.05, 0.1) is 17.7 Å². The number of thiocarbonyl (C=S) groups is 1. The third-order valence-corrected chi connectivity index (χ3v) is 2.79. The first kappa shape index (κ1) is 10.9. The first-order chi connectivity index (χ1) is 6.18. The molecule has 2 unspecified atom stereocenters. The summed E-state index contributed by atoms with van der Waals surface area (Å²) in [6.45, 7) is 3.00. The summed E-state index contributed by atoms with van der Waals surface area (Å²) in [5, 5.41) is 0. The highest BCUT2D eigenvalue weighted by Crippen LogP contribution is 2.25. The molecule has 1 rings (SSSR count). The highest BCUT2D eigenvalue weighted by Gasteiger charge is 2.18. The lowest BCUT2D eigenvalue weighted by atomic mass is 9.89. The van der Waals surface area contributed by atoms with Crippen molar-refractivity contribution >= 4 is 17.2 Å². The second kappa shape index (κ2) is 5.55. The maximum atomic E-state index is 5.70. The molecule has 1 aliphatic rings. The fraction of sp³-hybridized carbons (Fsp3) is 0.900. The van der Waals surface area contributed by atoms with Gasteiger partial charge in [0, 0.05) is 6.42 Å². The highest BCUT2D eigenvalue weighted by atomic mass is 32.1. The Balaban J connectivity index is 2.10. The van der Waals surface area contributed by atoms with Crippen molar-refractivity contribution < 1.29 is 4.74 Å². The molecule has 0 radical (unpaired) electrons. The molecule has 3 heteroatoms. The Bertz CT molecular complexity index is 172. The van der Waals surface area contributed by atoms with Crippen LogP contribution in [0.25, 0.3) is 0 Å². The summed E-state index contributed by atoms with van der Waals surface area (Å²) >= 11 is 4.78. The van der Waals surface area contributed by atoms with Crippen LogP contribution in [-0.4, -0.2) is 17.7 Å². The molecule has 2 nitrogen and oxygen atoms in total. The van der Waals surface area contributed by atoms with Crippen LogP contribution < -0.4 is 5.73 Å². The number of ether oxygens (including phenoxy) is 1. The van der Waals surface area contributed by atoms with E-state index in [1.165, 1.54) is 25.7 Å². The largest absolute Gasteiger partial charge is 0.393 e. The van der Waals surface area contributed by atoms with Crippen molar-refractivity contribution in [3.63, 3.8) is 0 Å². The Kier molecular flexibility index (Phi) is 4.67. The van der Waals surface area contributed by atoms with Gasteiger partial charge in [0.1, 0.15) is 0 Å². The molecular formula is C10H19NOS. The van der Waals surface area contributed by atoms with Gasteiger partial charge in [0.15, 0.2) is 0 Å². The zero-order valence-corrected chi connectivity index (χ0v) is 9.11. The standard InChI is InChI=1S/C10H19NOS/c1-8-3-2-4-9(7-8)12-6-5-10(11)13/h8-9H,2-7H2,1H3,(H2,11,13). The first-order valence-corrected chi connectivity index (χ1v) is 5.49. The van der Waals surface area contributed by atoms with Crippen LogP contribution in [0, 0.1) is 5.92 Å². The predicted octanol–water partition coefficient (Wildman–Crippen LogP) is 2.26. The fourth-order valence-electron chi connectivity index (χ4n) is 1.86. The van der Waals surface area contributed by atoms with E-state index in [-0.39, 0.29) is 0 Å². The molecule has 0 heterocycles. The number of rotatable bonds is 4. The van der Waals surface area contributed by atoms with E-state index in [4.69, 9.17) is 22.7 Å². The van der Waals surface area contributed by atoms with E-state index in [0.717, 1.165) is 12.3 Å². The van der Waals surface area contributed by atoms with Crippen molar-refractivity contribution in [2.75, 3.05) is 6.61 Å². The van der Waals surface area contributed by atoms with Crippen LogP contribution in [0.15, 0.2) is 0 Å². The van der Waals surface area contributed by atoms with Crippen molar-refractivity contribution in [1.29, 1.82) is 0 Å². The Morgan fingerprint density at radius 2 is 2.31 bits per heavy atom. The van der Waals surface area contributed by atoms with Crippen LogP contribution in [0.1, 0.15) is 39.0 Å². The molecule has 0 saturated heterocycles. The molecule has 0 aliphatic heterocycles. The second-order valence-electron chi connectivity index (χ2n) is 3.98. The van der Waals surface area contributed by atoms with Crippen molar-refractivity contribution in [2.24, 2.45) is 11.7 Å². The van der Waals surface area contributed by atoms with Gasteiger partial charge in [-0.3, -0.25) is 0 Å². The molecule has 13 heavy (non-hydrogen) atoms. The SMILES string of the molecule is CC1CCCC(OCCC(N)=S)C1. The molecule has 1 fully saturated rings. The van der Waals surface area contributed by atoms with Gasteiger partial charge in [0.25, 0.3) is 0 Å². The molecule has 2 N–H and O–H groups in total. The van der Waals surface area contributed by atoms with Gasteiger partial charge in [0.2, 0.25) is 0 Å². The van der Waals surface area contributed by atoms with Gasteiger partial charge < -0.3 is 10.5 Å². The molecule has 0 amide bonds. The summed E-state index contributed by atoms with van der Waals surface area (Å²) in [6.07, 6.45) is 6.26.